The van der Waals surface area contributed by atoms with Gasteiger partial charge in [-0.1, -0.05) is 24.3 Å². The monoisotopic (exact) mass is 345 g/mol. The van der Waals surface area contributed by atoms with Crippen LogP contribution in [0.1, 0.15) is 22.6 Å². The maximum atomic E-state index is 12.4. The van der Waals surface area contributed by atoms with Crippen molar-refractivity contribution in [3.63, 3.8) is 0 Å². The Labute approximate surface area is 143 Å². The Hall–Kier alpha value is -2.96. The summed E-state index contributed by atoms with van der Waals surface area (Å²) in [5.41, 5.74) is 1.96. The van der Waals surface area contributed by atoms with Crippen LogP contribution in [0, 0.1) is 0 Å². The molecule has 1 aromatic heterocycles. The second-order valence-electron chi connectivity index (χ2n) is 5.43. The number of H-pyrrole nitrogens is 1. The van der Waals surface area contributed by atoms with Crippen molar-refractivity contribution >= 4 is 16.9 Å². The van der Waals surface area contributed by atoms with Crippen molar-refractivity contribution in [3.8, 4) is 5.75 Å². The van der Waals surface area contributed by atoms with Gasteiger partial charge in [-0.05, 0) is 30.7 Å². The quantitative estimate of drug-likeness (QED) is 0.644. The van der Waals surface area contributed by atoms with Gasteiger partial charge in [0, 0.05) is 13.0 Å². The summed E-state index contributed by atoms with van der Waals surface area (Å²) in [7, 11) is 0. The molecule has 3 aromatic rings. The number of hydrogen-bond acceptors (Lipinski definition) is 3. The first-order chi connectivity index (χ1) is 12.1. The molecule has 0 aliphatic carbocycles. The van der Waals surface area contributed by atoms with Crippen LogP contribution in [-0.4, -0.2) is 29.0 Å². The number of carbonyl (C=O) groups is 1. The number of hydrogen-bond donors (Lipinski definition) is 2. The minimum absolute atomic E-state index is 0.0894. The minimum atomic E-state index is -2.97. The number of nitrogens with zero attached hydrogens (tertiary/aromatic N) is 1. The lowest BCUT2D eigenvalue weighted by Gasteiger charge is -2.10. The first-order valence-corrected chi connectivity index (χ1v) is 7.89. The lowest BCUT2D eigenvalue weighted by molar-refractivity contribution is -0.0501. The first-order valence-electron chi connectivity index (χ1n) is 7.89. The number of aryl methyl sites for hydroxylation is 1. The average Bonchev–Trinajstić information content (AvgIpc) is 3.01. The zero-order chi connectivity index (χ0) is 17.6. The highest BCUT2D eigenvalue weighted by molar-refractivity contribution is 5.96. The minimum Gasteiger partial charge on any atom is -0.434 e. The number of ether oxygens (including phenoxy) is 1. The van der Waals surface area contributed by atoms with Crippen molar-refractivity contribution in [2.75, 3.05) is 6.54 Å². The lowest BCUT2D eigenvalue weighted by atomic mass is 10.2. The summed E-state index contributed by atoms with van der Waals surface area (Å²) in [5.74, 6) is 0.269. The van der Waals surface area contributed by atoms with E-state index in [1.54, 1.807) is 6.07 Å². The van der Waals surface area contributed by atoms with Gasteiger partial charge in [0.05, 0.1) is 16.6 Å². The molecule has 1 heterocycles. The predicted octanol–water partition coefficient (Wildman–Crippen LogP) is 3.53. The molecule has 0 bridgehead atoms. The van der Waals surface area contributed by atoms with Crippen LogP contribution in [0.5, 0.6) is 5.75 Å². The Morgan fingerprint density at radius 3 is 2.72 bits per heavy atom. The largest absolute Gasteiger partial charge is 0.434 e. The van der Waals surface area contributed by atoms with Crippen LogP contribution in [0.25, 0.3) is 11.0 Å². The predicted molar refractivity (Wildman–Crippen MR) is 89.8 cm³/mol. The zero-order valence-electron chi connectivity index (χ0n) is 13.3. The van der Waals surface area contributed by atoms with Crippen LogP contribution in [-0.2, 0) is 6.42 Å². The van der Waals surface area contributed by atoms with E-state index in [4.69, 9.17) is 0 Å². The van der Waals surface area contributed by atoms with E-state index in [2.05, 4.69) is 20.0 Å². The Morgan fingerprint density at radius 1 is 1.16 bits per heavy atom. The van der Waals surface area contributed by atoms with E-state index in [9.17, 15) is 13.6 Å². The maximum Gasteiger partial charge on any atom is 0.387 e. The van der Waals surface area contributed by atoms with Gasteiger partial charge in [-0.2, -0.15) is 8.78 Å². The Bertz CT molecular complexity index is 831. The van der Waals surface area contributed by atoms with Gasteiger partial charge in [-0.15, -0.1) is 0 Å². The SMILES string of the molecule is O=C(NCCCc1nc2ccccc2[nH]1)c1ccccc1OC(F)F. The van der Waals surface area contributed by atoms with Crippen LogP contribution in [0.4, 0.5) is 8.78 Å². The number of aromatic amines is 1. The van der Waals surface area contributed by atoms with Gasteiger partial charge in [0.2, 0.25) is 0 Å². The summed E-state index contributed by atoms with van der Waals surface area (Å²) in [5, 5.41) is 2.71. The molecule has 0 saturated heterocycles. The van der Waals surface area contributed by atoms with E-state index >= 15 is 0 Å². The molecule has 1 amide bonds. The fraction of sp³-hybridized carbons (Fsp3) is 0.222. The number of para-hydroxylation sites is 3. The molecule has 2 N–H and O–H groups in total. The smallest absolute Gasteiger partial charge is 0.387 e. The molecule has 0 radical (unpaired) electrons. The third-order valence-electron chi connectivity index (χ3n) is 3.66. The zero-order valence-corrected chi connectivity index (χ0v) is 13.3. The maximum absolute atomic E-state index is 12.4. The van der Waals surface area contributed by atoms with E-state index in [1.165, 1.54) is 18.2 Å². The van der Waals surface area contributed by atoms with Crippen molar-refractivity contribution in [2.24, 2.45) is 0 Å². The molecular formula is C18H17F2N3O2. The van der Waals surface area contributed by atoms with E-state index in [0.717, 1.165) is 16.9 Å². The molecule has 0 unspecified atom stereocenters. The number of nitrogens with one attached hydrogen (secondary N) is 2. The molecule has 0 atom stereocenters. The van der Waals surface area contributed by atoms with Crippen LogP contribution < -0.4 is 10.1 Å². The van der Waals surface area contributed by atoms with Crippen LogP contribution in [0.3, 0.4) is 0 Å². The number of carbonyl (C=O) groups excluding carboxylic acids is 1. The molecule has 0 fully saturated rings. The molecule has 3 rings (SSSR count). The summed E-state index contributed by atoms with van der Waals surface area (Å²) in [6.07, 6.45) is 1.34. The number of imidazole rings is 1. The number of fused-ring (bicyclic) bond motifs is 1. The molecule has 5 nitrogen and oxygen atoms in total. The third-order valence-corrected chi connectivity index (χ3v) is 3.66. The van der Waals surface area contributed by atoms with Crippen LogP contribution in [0.2, 0.25) is 0 Å². The fourth-order valence-electron chi connectivity index (χ4n) is 2.53. The standard InChI is InChI=1S/C18H17F2N3O2/c19-18(20)25-15-9-4-1-6-12(15)17(24)21-11-5-10-16-22-13-7-2-3-8-14(13)23-16/h1-4,6-9,18H,5,10-11H2,(H,21,24)(H,22,23). The summed E-state index contributed by atoms with van der Waals surface area (Å²) in [6, 6.07) is 13.7. The highest BCUT2D eigenvalue weighted by Gasteiger charge is 2.14. The molecule has 7 heteroatoms. The number of benzene rings is 2. The fourth-order valence-corrected chi connectivity index (χ4v) is 2.53. The summed E-state index contributed by atoms with van der Waals surface area (Å²) in [4.78, 5) is 19.8. The summed E-state index contributed by atoms with van der Waals surface area (Å²) in [6.45, 7) is -2.57. The van der Waals surface area contributed by atoms with Gasteiger partial charge in [0.15, 0.2) is 0 Å². The third kappa shape index (κ3) is 4.32. The number of alkyl halides is 2. The van der Waals surface area contributed by atoms with Crippen molar-refractivity contribution in [2.45, 2.75) is 19.5 Å². The van der Waals surface area contributed by atoms with Crippen LogP contribution in [0.15, 0.2) is 48.5 Å². The summed E-state index contributed by atoms with van der Waals surface area (Å²) < 4.78 is 29.1. The van der Waals surface area contributed by atoms with Crippen molar-refractivity contribution < 1.29 is 18.3 Å². The van der Waals surface area contributed by atoms with Gasteiger partial charge in [0.25, 0.3) is 5.91 Å². The van der Waals surface area contributed by atoms with E-state index < -0.39 is 12.5 Å². The van der Waals surface area contributed by atoms with Crippen molar-refractivity contribution in [1.82, 2.24) is 15.3 Å². The van der Waals surface area contributed by atoms with Crippen LogP contribution >= 0.6 is 0 Å². The Morgan fingerprint density at radius 2 is 1.92 bits per heavy atom. The Kier molecular flexibility index (Phi) is 5.23. The second kappa shape index (κ2) is 7.74. The topological polar surface area (TPSA) is 67.0 Å². The highest BCUT2D eigenvalue weighted by atomic mass is 19.3. The van der Waals surface area contributed by atoms with Gasteiger partial charge in [-0.3, -0.25) is 4.79 Å². The Balaban J connectivity index is 1.53. The number of rotatable bonds is 7. The first kappa shape index (κ1) is 16.9. The van der Waals surface area contributed by atoms with Gasteiger partial charge < -0.3 is 15.0 Å². The number of halogens is 2. The van der Waals surface area contributed by atoms with Gasteiger partial charge >= 0.3 is 6.61 Å². The molecule has 0 spiro atoms. The summed E-state index contributed by atoms with van der Waals surface area (Å²) >= 11 is 0. The van der Waals surface area contributed by atoms with Crippen molar-refractivity contribution in [3.05, 3.63) is 59.9 Å². The van der Waals surface area contributed by atoms with Gasteiger partial charge in [0.1, 0.15) is 11.6 Å². The van der Waals surface area contributed by atoms with Crippen molar-refractivity contribution in [1.29, 1.82) is 0 Å². The molecule has 0 aliphatic rings. The number of amides is 1. The average molecular weight is 345 g/mol. The highest BCUT2D eigenvalue weighted by Crippen LogP contribution is 2.20. The normalized spacial score (nSPS) is 11.0. The molecule has 130 valence electrons. The van der Waals surface area contributed by atoms with E-state index in [0.29, 0.717) is 19.4 Å². The molecule has 2 aromatic carbocycles. The lowest BCUT2D eigenvalue weighted by Crippen LogP contribution is -2.25. The molecule has 0 aliphatic heterocycles. The molecule has 0 saturated carbocycles. The second-order valence-corrected chi connectivity index (χ2v) is 5.43. The van der Waals surface area contributed by atoms with Gasteiger partial charge in [-0.25, -0.2) is 4.98 Å². The van der Waals surface area contributed by atoms with E-state index in [1.807, 2.05) is 24.3 Å². The molecular weight excluding hydrogens is 328 g/mol. The van der Waals surface area contributed by atoms with E-state index in [-0.39, 0.29) is 11.3 Å². The molecule has 25 heavy (non-hydrogen) atoms. The number of aromatic nitrogens is 2.